The predicted molar refractivity (Wildman–Crippen MR) is 72.8 cm³/mol. The fraction of sp³-hybridized carbons (Fsp3) is 0.357. The SMILES string of the molecule is COc1ccc(C(C)(C)C)cc1-c1cscn1. The summed E-state index contributed by atoms with van der Waals surface area (Å²) in [6.07, 6.45) is 0. The van der Waals surface area contributed by atoms with Gasteiger partial charge in [0.05, 0.1) is 18.3 Å². The minimum atomic E-state index is 0.136. The lowest BCUT2D eigenvalue weighted by Gasteiger charge is -2.20. The third-order valence-electron chi connectivity index (χ3n) is 2.77. The van der Waals surface area contributed by atoms with Gasteiger partial charge in [-0.15, -0.1) is 11.3 Å². The minimum absolute atomic E-state index is 0.136. The Kier molecular flexibility index (Phi) is 3.20. The van der Waals surface area contributed by atoms with Gasteiger partial charge in [-0.3, -0.25) is 0 Å². The highest BCUT2D eigenvalue weighted by Crippen LogP contribution is 2.34. The molecule has 1 aromatic carbocycles. The van der Waals surface area contributed by atoms with Crippen molar-refractivity contribution in [2.24, 2.45) is 0 Å². The van der Waals surface area contributed by atoms with E-state index in [0.29, 0.717) is 0 Å². The van der Waals surface area contributed by atoms with E-state index in [1.54, 1.807) is 18.4 Å². The lowest BCUT2D eigenvalue weighted by Crippen LogP contribution is -2.11. The predicted octanol–water partition coefficient (Wildman–Crippen LogP) is 4.12. The molecule has 0 atom stereocenters. The zero-order valence-electron chi connectivity index (χ0n) is 10.7. The van der Waals surface area contributed by atoms with Gasteiger partial charge in [0.2, 0.25) is 0 Å². The van der Waals surface area contributed by atoms with Crippen LogP contribution in [-0.2, 0) is 5.41 Å². The van der Waals surface area contributed by atoms with Crippen molar-refractivity contribution in [3.05, 3.63) is 34.7 Å². The van der Waals surface area contributed by atoms with Crippen LogP contribution in [0.5, 0.6) is 5.75 Å². The van der Waals surface area contributed by atoms with Crippen molar-refractivity contribution in [1.82, 2.24) is 4.98 Å². The summed E-state index contributed by atoms with van der Waals surface area (Å²) in [4.78, 5) is 4.36. The van der Waals surface area contributed by atoms with Crippen LogP contribution in [0, 0.1) is 0 Å². The number of ether oxygens (including phenoxy) is 1. The molecule has 0 fully saturated rings. The fourth-order valence-corrected chi connectivity index (χ4v) is 2.27. The molecule has 0 saturated heterocycles. The van der Waals surface area contributed by atoms with Crippen LogP contribution in [0.25, 0.3) is 11.3 Å². The standard InChI is InChI=1S/C14H17NOS/c1-14(2,3)10-5-6-13(16-4)11(7-10)12-8-17-9-15-12/h5-9H,1-4H3. The largest absolute Gasteiger partial charge is 0.496 e. The molecule has 0 unspecified atom stereocenters. The van der Waals surface area contributed by atoms with Gasteiger partial charge in [0.1, 0.15) is 5.75 Å². The van der Waals surface area contributed by atoms with Crippen LogP contribution in [0.3, 0.4) is 0 Å². The molecule has 0 N–H and O–H groups in total. The van der Waals surface area contributed by atoms with Gasteiger partial charge >= 0.3 is 0 Å². The van der Waals surface area contributed by atoms with Crippen LogP contribution in [-0.4, -0.2) is 12.1 Å². The first-order chi connectivity index (χ1) is 8.02. The highest BCUT2D eigenvalue weighted by molar-refractivity contribution is 7.07. The number of nitrogens with zero attached hydrogens (tertiary/aromatic N) is 1. The second-order valence-corrected chi connectivity index (χ2v) is 5.76. The highest BCUT2D eigenvalue weighted by atomic mass is 32.1. The molecule has 17 heavy (non-hydrogen) atoms. The average Bonchev–Trinajstić information content (AvgIpc) is 2.80. The molecule has 2 rings (SSSR count). The summed E-state index contributed by atoms with van der Waals surface area (Å²) in [5.41, 5.74) is 5.33. The Hall–Kier alpha value is -1.35. The molecule has 3 heteroatoms. The summed E-state index contributed by atoms with van der Waals surface area (Å²) in [5.74, 6) is 0.879. The minimum Gasteiger partial charge on any atom is -0.496 e. The molecule has 2 nitrogen and oxygen atoms in total. The zero-order chi connectivity index (χ0) is 12.5. The molecular formula is C14H17NOS. The van der Waals surface area contributed by atoms with Crippen LogP contribution in [0.1, 0.15) is 26.3 Å². The topological polar surface area (TPSA) is 22.1 Å². The van der Waals surface area contributed by atoms with Gasteiger partial charge in [0.15, 0.2) is 0 Å². The van der Waals surface area contributed by atoms with Gasteiger partial charge in [0.25, 0.3) is 0 Å². The second-order valence-electron chi connectivity index (χ2n) is 5.04. The van der Waals surface area contributed by atoms with E-state index in [1.807, 2.05) is 17.0 Å². The van der Waals surface area contributed by atoms with E-state index in [2.05, 4.69) is 37.9 Å². The van der Waals surface area contributed by atoms with E-state index in [1.165, 1.54) is 5.56 Å². The number of hydrogen-bond donors (Lipinski definition) is 0. The number of hydrogen-bond acceptors (Lipinski definition) is 3. The molecule has 1 heterocycles. The maximum atomic E-state index is 5.40. The van der Waals surface area contributed by atoms with Crippen molar-refractivity contribution in [1.29, 1.82) is 0 Å². The first-order valence-corrected chi connectivity index (χ1v) is 6.54. The summed E-state index contributed by atoms with van der Waals surface area (Å²) in [6, 6.07) is 6.32. The number of aromatic nitrogens is 1. The van der Waals surface area contributed by atoms with Crippen LogP contribution in [0.4, 0.5) is 0 Å². The van der Waals surface area contributed by atoms with E-state index in [9.17, 15) is 0 Å². The number of thiazole rings is 1. The Morgan fingerprint density at radius 3 is 2.53 bits per heavy atom. The maximum absolute atomic E-state index is 5.40. The molecule has 0 saturated carbocycles. The lowest BCUT2D eigenvalue weighted by atomic mass is 9.86. The van der Waals surface area contributed by atoms with Crippen molar-refractivity contribution < 1.29 is 4.74 Å². The summed E-state index contributed by atoms with van der Waals surface area (Å²) in [6.45, 7) is 6.62. The summed E-state index contributed by atoms with van der Waals surface area (Å²) >= 11 is 1.60. The second kappa shape index (κ2) is 4.49. The number of methoxy groups -OCH3 is 1. The molecule has 90 valence electrons. The normalized spacial score (nSPS) is 11.5. The van der Waals surface area contributed by atoms with E-state index in [-0.39, 0.29) is 5.41 Å². The first kappa shape index (κ1) is 12.1. The summed E-state index contributed by atoms with van der Waals surface area (Å²) in [5, 5.41) is 2.05. The Morgan fingerprint density at radius 1 is 1.24 bits per heavy atom. The van der Waals surface area contributed by atoms with Crippen LogP contribution in [0.2, 0.25) is 0 Å². The Bertz CT molecular complexity index is 497. The fourth-order valence-electron chi connectivity index (χ4n) is 1.72. The van der Waals surface area contributed by atoms with Crippen molar-refractivity contribution in [2.75, 3.05) is 7.11 Å². The molecule has 0 bridgehead atoms. The monoisotopic (exact) mass is 247 g/mol. The van der Waals surface area contributed by atoms with Crippen molar-refractivity contribution in [3.63, 3.8) is 0 Å². The van der Waals surface area contributed by atoms with Gasteiger partial charge in [-0.2, -0.15) is 0 Å². The molecule has 1 aromatic heterocycles. The molecule has 0 amide bonds. The Morgan fingerprint density at radius 2 is 2.00 bits per heavy atom. The van der Waals surface area contributed by atoms with Gasteiger partial charge in [-0.1, -0.05) is 26.8 Å². The third-order valence-corrected chi connectivity index (χ3v) is 3.36. The van der Waals surface area contributed by atoms with Gasteiger partial charge < -0.3 is 4.74 Å². The Balaban J connectivity index is 2.55. The molecule has 0 aliphatic heterocycles. The van der Waals surface area contributed by atoms with Crippen molar-refractivity contribution >= 4 is 11.3 Å². The zero-order valence-corrected chi connectivity index (χ0v) is 11.5. The molecule has 2 aromatic rings. The van der Waals surface area contributed by atoms with Gasteiger partial charge in [-0.25, -0.2) is 4.98 Å². The molecule has 0 radical (unpaired) electrons. The smallest absolute Gasteiger partial charge is 0.128 e. The molecule has 0 aliphatic rings. The third kappa shape index (κ3) is 2.50. The molecule has 0 aliphatic carbocycles. The number of benzene rings is 1. The molecule has 0 spiro atoms. The average molecular weight is 247 g/mol. The Labute approximate surface area is 106 Å². The van der Waals surface area contributed by atoms with E-state index in [0.717, 1.165) is 17.0 Å². The van der Waals surface area contributed by atoms with E-state index < -0.39 is 0 Å². The van der Waals surface area contributed by atoms with Crippen LogP contribution < -0.4 is 4.74 Å². The summed E-state index contributed by atoms with van der Waals surface area (Å²) < 4.78 is 5.40. The van der Waals surface area contributed by atoms with Crippen molar-refractivity contribution in [3.8, 4) is 17.0 Å². The number of rotatable bonds is 2. The first-order valence-electron chi connectivity index (χ1n) is 5.59. The van der Waals surface area contributed by atoms with Crippen LogP contribution in [0.15, 0.2) is 29.1 Å². The quantitative estimate of drug-likeness (QED) is 0.796. The lowest BCUT2D eigenvalue weighted by molar-refractivity contribution is 0.415. The highest BCUT2D eigenvalue weighted by Gasteiger charge is 2.17. The van der Waals surface area contributed by atoms with E-state index >= 15 is 0 Å². The molecular weight excluding hydrogens is 230 g/mol. The summed E-state index contributed by atoms with van der Waals surface area (Å²) in [7, 11) is 1.70. The van der Waals surface area contributed by atoms with Gasteiger partial charge in [0, 0.05) is 10.9 Å². The van der Waals surface area contributed by atoms with E-state index in [4.69, 9.17) is 4.74 Å². The van der Waals surface area contributed by atoms with Crippen LogP contribution >= 0.6 is 11.3 Å². The van der Waals surface area contributed by atoms with Crippen molar-refractivity contribution in [2.45, 2.75) is 26.2 Å². The maximum Gasteiger partial charge on any atom is 0.128 e. The van der Waals surface area contributed by atoms with Gasteiger partial charge in [-0.05, 0) is 23.1 Å².